The number of nitrogens with zero attached hydrogens (tertiary/aromatic N) is 1. The number of ketones is 1. The van der Waals surface area contributed by atoms with Crippen LogP contribution in [-0.4, -0.2) is 40.7 Å². The number of carbonyl (C=O) groups excluding carboxylic acids is 3. The number of Topliss-reactive ketones (excluding diaryl/α,β-unsaturated/α-hetero) is 1. The molecule has 0 aliphatic carbocycles. The van der Waals surface area contributed by atoms with Crippen molar-refractivity contribution in [1.82, 2.24) is 9.88 Å². The minimum Gasteiger partial charge on any atom is -0.467 e. The molecule has 0 spiro atoms. The Hall–Kier alpha value is -2.93. The number of hydrogen-bond acceptors (Lipinski definition) is 5. The number of benzene rings is 1. The number of para-hydroxylation sites is 1. The summed E-state index contributed by atoms with van der Waals surface area (Å²) in [6, 6.07) is 11.0. The van der Waals surface area contributed by atoms with Crippen LogP contribution in [0.1, 0.15) is 60.0 Å². The average Bonchev–Trinajstić information content (AvgIpc) is 3.50. The summed E-state index contributed by atoms with van der Waals surface area (Å²) in [5, 5.41) is 2.95. The Labute approximate surface area is 196 Å². The minimum atomic E-state index is -0.905. The monoisotopic (exact) mass is 464 g/mol. The number of amides is 1. The number of methoxy groups -OCH3 is 1. The number of aromatic amines is 1. The lowest BCUT2D eigenvalue weighted by molar-refractivity contribution is -0.168. The van der Waals surface area contributed by atoms with Crippen molar-refractivity contribution in [3.8, 4) is 0 Å². The third-order valence-electron chi connectivity index (χ3n) is 7.34. The van der Waals surface area contributed by atoms with Crippen LogP contribution in [0.3, 0.4) is 0 Å². The Morgan fingerprint density at radius 1 is 1.24 bits per heavy atom. The molecule has 6 nitrogen and oxygen atoms in total. The predicted molar refractivity (Wildman–Crippen MR) is 127 cm³/mol. The molecule has 2 aliphatic heterocycles. The molecule has 2 aliphatic rings. The third-order valence-corrected chi connectivity index (χ3v) is 8.23. The Bertz CT molecular complexity index is 1210. The normalized spacial score (nSPS) is 24.4. The van der Waals surface area contributed by atoms with Gasteiger partial charge in [-0.2, -0.15) is 0 Å². The number of piperidine rings is 1. The Kier molecular flexibility index (Phi) is 5.60. The molecule has 0 radical (unpaired) electrons. The Balaban J connectivity index is 1.80. The van der Waals surface area contributed by atoms with E-state index in [0.717, 1.165) is 35.0 Å². The summed E-state index contributed by atoms with van der Waals surface area (Å²) >= 11 is 1.43. The summed E-state index contributed by atoms with van der Waals surface area (Å²) < 4.78 is 5.18. The number of hydrogen-bond donors (Lipinski definition) is 1. The molecule has 7 heteroatoms. The van der Waals surface area contributed by atoms with E-state index >= 15 is 0 Å². The van der Waals surface area contributed by atoms with E-state index in [1.807, 2.05) is 41.8 Å². The van der Waals surface area contributed by atoms with Gasteiger partial charge in [0.25, 0.3) is 0 Å². The highest BCUT2D eigenvalue weighted by atomic mass is 32.1. The number of fused-ring (bicyclic) bond motifs is 5. The van der Waals surface area contributed by atoms with Gasteiger partial charge in [0.05, 0.1) is 23.4 Å². The van der Waals surface area contributed by atoms with Gasteiger partial charge in [-0.25, -0.2) is 4.79 Å². The van der Waals surface area contributed by atoms with Crippen molar-refractivity contribution in [3.05, 3.63) is 57.9 Å². The molecule has 0 saturated carbocycles. The molecular weight excluding hydrogens is 436 g/mol. The molecule has 1 N–H and O–H groups in total. The van der Waals surface area contributed by atoms with E-state index in [1.54, 1.807) is 4.90 Å². The number of rotatable bonds is 6. The van der Waals surface area contributed by atoms with Crippen molar-refractivity contribution in [1.29, 1.82) is 0 Å². The van der Waals surface area contributed by atoms with E-state index in [1.165, 1.54) is 18.4 Å². The number of H-pyrrole nitrogens is 1. The molecule has 172 valence electrons. The zero-order valence-corrected chi connectivity index (χ0v) is 19.7. The first-order valence-electron chi connectivity index (χ1n) is 11.6. The zero-order chi connectivity index (χ0) is 23.2. The summed E-state index contributed by atoms with van der Waals surface area (Å²) in [7, 11) is 1.36. The molecule has 1 aromatic carbocycles. The van der Waals surface area contributed by atoms with E-state index in [-0.39, 0.29) is 18.1 Å². The highest BCUT2D eigenvalue weighted by molar-refractivity contribution is 7.12. The number of thiophene rings is 1. The standard InChI is InChI=1S/C26H28N2O4S/c1-3-4-13-26-18(23(30)21-10-7-14-33-21)11-12-22(29)28(26)20(25(31)32-2)15-17-16-8-5-6-9-19(16)27-24(17)26/h5-10,14,18,20,27H,3-4,11-13,15H2,1-2H3/t18-,20-,26-/m0/s1. The van der Waals surface area contributed by atoms with Crippen LogP contribution in [0.15, 0.2) is 41.8 Å². The first-order chi connectivity index (χ1) is 16.0. The van der Waals surface area contributed by atoms with Gasteiger partial charge >= 0.3 is 5.97 Å². The summed E-state index contributed by atoms with van der Waals surface area (Å²) in [6.07, 6.45) is 3.47. The molecule has 1 saturated heterocycles. The van der Waals surface area contributed by atoms with Crippen molar-refractivity contribution in [2.45, 2.75) is 57.0 Å². The van der Waals surface area contributed by atoms with Crippen LogP contribution in [0, 0.1) is 5.92 Å². The van der Waals surface area contributed by atoms with Crippen molar-refractivity contribution in [2.24, 2.45) is 5.92 Å². The summed E-state index contributed by atoms with van der Waals surface area (Å²) in [6.45, 7) is 2.11. The maximum absolute atomic E-state index is 13.9. The van der Waals surface area contributed by atoms with Crippen molar-refractivity contribution in [3.63, 3.8) is 0 Å². The summed E-state index contributed by atoms with van der Waals surface area (Å²) in [5.74, 6) is -0.890. The SMILES string of the molecule is CCCC[C@]12c3[nH]c4ccccc4c3C[C@@H](C(=O)OC)N1C(=O)CC[C@H]2C(=O)c1cccs1. The fraction of sp³-hybridized carbons (Fsp3) is 0.423. The van der Waals surface area contributed by atoms with Crippen molar-refractivity contribution < 1.29 is 19.1 Å². The largest absolute Gasteiger partial charge is 0.467 e. The van der Waals surface area contributed by atoms with Gasteiger partial charge in [-0.05, 0) is 35.9 Å². The number of nitrogens with one attached hydrogen (secondary N) is 1. The first-order valence-corrected chi connectivity index (χ1v) is 12.5. The topological polar surface area (TPSA) is 79.5 Å². The number of carbonyl (C=O) groups is 3. The Morgan fingerprint density at radius 3 is 2.79 bits per heavy atom. The van der Waals surface area contributed by atoms with Crippen LogP contribution in [0.5, 0.6) is 0 Å². The van der Waals surface area contributed by atoms with E-state index < -0.39 is 23.5 Å². The molecule has 1 fully saturated rings. The second kappa shape index (κ2) is 8.45. The Morgan fingerprint density at radius 2 is 2.06 bits per heavy atom. The lowest BCUT2D eigenvalue weighted by Crippen LogP contribution is -2.67. The highest BCUT2D eigenvalue weighted by Gasteiger charge is 2.60. The van der Waals surface area contributed by atoms with Gasteiger partial charge in [0.15, 0.2) is 5.78 Å². The quantitative estimate of drug-likeness (QED) is 0.418. The fourth-order valence-electron chi connectivity index (χ4n) is 5.96. The zero-order valence-electron chi connectivity index (χ0n) is 18.9. The van der Waals surface area contributed by atoms with Crippen LogP contribution < -0.4 is 0 Å². The van der Waals surface area contributed by atoms with E-state index in [0.29, 0.717) is 24.1 Å². The molecule has 3 aromatic rings. The molecule has 2 aromatic heterocycles. The lowest BCUT2D eigenvalue weighted by atomic mass is 9.65. The summed E-state index contributed by atoms with van der Waals surface area (Å²) in [5.41, 5.74) is 1.99. The second-order valence-electron chi connectivity index (χ2n) is 8.99. The van der Waals surface area contributed by atoms with Gasteiger partial charge in [-0.3, -0.25) is 9.59 Å². The van der Waals surface area contributed by atoms with Crippen LogP contribution >= 0.6 is 11.3 Å². The van der Waals surface area contributed by atoms with Gasteiger partial charge in [0.2, 0.25) is 5.91 Å². The third kappa shape index (κ3) is 3.24. The van der Waals surface area contributed by atoms with Crippen LogP contribution in [0.2, 0.25) is 0 Å². The molecule has 33 heavy (non-hydrogen) atoms. The smallest absolute Gasteiger partial charge is 0.328 e. The molecular formula is C26H28N2O4S. The van der Waals surface area contributed by atoms with Gasteiger partial charge < -0.3 is 14.6 Å². The number of unbranched alkanes of at least 4 members (excludes halogenated alkanes) is 1. The van der Waals surface area contributed by atoms with Crippen LogP contribution in [-0.2, 0) is 26.3 Å². The maximum Gasteiger partial charge on any atom is 0.328 e. The molecule has 0 bridgehead atoms. The first kappa shape index (κ1) is 21.9. The summed E-state index contributed by atoms with van der Waals surface area (Å²) in [4.78, 5) is 46.5. The second-order valence-corrected chi connectivity index (χ2v) is 9.94. The van der Waals surface area contributed by atoms with E-state index in [9.17, 15) is 14.4 Å². The van der Waals surface area contributed by atoms with Gasteiger partial charge in [0.1, 0.15) is 6.04 Å². The van der Waals surface area contributed by atoms with Crippen LogP contribution in [0.4, 0.5) is 0 Å². The number of esters is 1. The average molecular weight is 465 g/mol. The van der Waals surface area contributed by atoms with Gasteiger partial charge in [-0.15, -0.1) is 11.3 Å². The molecule has 0 unspecified atom stereocenters. The maximum atomic E-state index is 13.9. The molecule has 1 amide bonds. The van der Waals surface area contributed by atoms with E-state index in [4.69, 9.17) is 4.74 Å². The van der Waals surface area contributed by atoms with Gasteiger partial charge in [-0.1, -0.05) is 44.0 Å². The number of aromatic nitrogens is 1. The van der Waals surface area contributed by atoms with Crippen molar-refractivity contribution >= 4 is 39.9 Å². The number of ether oxygens (including phenoxy) is 1. The van der Waals surface area contributed by atoms with Crippen molar-refractivity contribution in [2.75, 3.05) is 7.11 Å². The lowest BCUT2D eigenvalue weighted by Gasteiger charge is -2.56. The predicted octanol–water partition coefficient (Wildman–Crippen LogP) is 4.83. The van der Waals surface area contributed by atoms with Crippen LogP contribution in [0.25, 0.3) is 10.9 Å². The highest BCUT2D eigenvalue weighted by Crippen LogP contribution is 2.53. The van der Waals surface area contributed by atoms with E-state index in [2.05, 4.69) is 11.9 Å². The molecule has 4 heterocycles. The molecule has 5 rings (SSSR count). The minimum absolute atomic E-state index is 0.0497. The molecule has 3 atom stereocenters. The fourth-order valence-corrected chi connectivity index (χ4v) is 6.68. The van der Waals surface area contributed by atoms with Gasteiger partial charge in [0, 0.05) is 29.4 Å².